The van der Waals surface area contributed by atoms with E-state index in [4.69, 9.17) is 10.3 Å². The van der Waals surface area contributed by atoms with E-state index in [0.29, 0.717) is 18.4 Å². The van der Waals surface area contributed by atoms with Crippen LogP contribution in [0.5, 0.6) is 0 Å². The highest BCUT2D eigenvalue weighted by Crippen LogP contribution is 2.15. The highest BCUT2D eigenvalue weighted by Gasteiger charge is 2.16. The Bertz CT molecular complexity index is 373. The third kappa shape index (κ3) is 3.42. The molecule has 1 fully saturated rings. The first-order chi connectivity index (χ1) is 8.25. The van der Waals surface area contributed by atoms with Crippen LogP contribution in [-0.2, 0) is 11.3 Å². The molecule has 0 atom stereocenters. The lowest BCUT2D eigenvalue weighted by atomic mass is 10.1. The fourth-order valence-electron chi connectivity index (χ4n) is 1.83. The Labute approximate surface area is 99.3 Å². The van der Waals surface area contributed by atoms with Gasteiger partial charge in [-0.2, -0.15) is 4.98 Å². The number of primary amides is 1. The lowest BCUT2D eigenvalue weighted by molar-refractivity contribution is -0.117. The lowest BCUT2D eigenvalue weighted by Gasteiger charge is -2.24. The van der Waals surface area contributed by atoms with E-state index in [-0.39, 0.29) is 6.54 Å². The molecular weight excluding hydrogens is 222 g/mol. The molecule has 0 spiro atoms. The summed E-state index contributed by atoms with van der Waals surface area (Å²) in [5, 5.41) is 6.75. The molecule has 7 heteroatoms. The van der Waals surface area contributed by atoms with E-state index in [0.717, 1.165) is 13.1 Å². The van der Waals surface area contributed by atoms with Gasteiger partial charge in [-0.3, -0.25) is 10.1 Å². The second-order valence-corrected chi connectivity index (χ2v) is 4.11. The Kier molecular flexibility index (Phi) is 3.92. The summed E-state index contributed by atoms with van der Waals surface area (Å²) in [7, 11) is 0. The van der Waals surface area contributed by atoms with E-state index in [1.165, 1.54) is 19.3 Å². The minimum atomic E-state index is -0.402. The van der Waals surface area contributed by atoms with Gasteiger partial charge in [0, 0.05) is 13.1 Å². The van der Waals surface area contributed by atoms with Gasteiger partial charge in [0.05, 0.1) is 13.1 Å². The summed E-state index contributed by atoms with van der Waals surface area (Å²) in [5.41, 5.74) is 5.00. The Morgan fingerprint density at radius 1 is 1.41 bits per heavy atom. The second-order valence-electron chi connectivity index (χ2n) is 4.11. The number of hydrogen-bond acceptors (Lipinski definition) is 6. The van der Waals surface area contributed by atoms with E-state index >= 15 is 0 Å². The molecule has 1 saturated heterocycles. The van der Waals surface area contributed by atoms with Gasteiger partial charge in [0.25, 0.3) is 5.95 Å². The van der Waals surface area contributed by atoms with Crippen molar-refractivity contribution < 1.29 is 9.32 Å². The van der Waals surface area contributed by atoms with E-state index in [1.807, 2.05) is 0 Å². The lowest BCUT2D eigenvalue weighted by Crippen LogP contribution is -2.30. The Morgan fingerprint density at radius 2 is 2.18 bits per heavy atom. The molecule has 7 nitrogen and oxygen atoms in total. The molecule has 1 amide bonds. The number of carbonyl (C=O) groups excluding carboxylic acids is 1. The van der Waals surface area contributed by atoms with Gasteiger partial charge < -0.3 is 15.2 Å². The average molecular weight is 239 g/mol. The van der Waals surface area contributed by atoms with Crippen LogP contribution in [0.15, 0.2) is 4.52 Å². The number of nitrogens with zero attached hydrogens (tertiary/aromatic N) is 3. The molecular formula is C10H17N5O2. The SMILES string of the molecule is NC(=O)CNCc1nc(N2CCCCC2)no1. The number of carbonyl (C=O) groups is 1. The summed E-state index contributed by atoms with van der Waals surface area (Å²) in [6.45, 7) is 2.44. The maximum atomic E-state index is 10.5. The number of aromatic nitrogens is 2. The first-order valence-electron chi connectivity index (χ1n) is 5.82. The number of anilines is 1. The molecule has 1 aliphatic heterocycles. The summed E-state index contributed by atoms with van der Waals surface area (Å²) >= 11 is 0. The first-order valence-corrected chi connectivity index (χ1v) is 5.82. The van der Waals surface area contributed by atoms with Gasteiger partial charge in [-0.15, -0.1) is 0 Å². The number of hydrogen-bond donors (Lipinski definition) is 2. The number of nitrogens with one attached hydrogen (secondary N) is 1. The maximum Gasteiger partial charge on any atom is 0.266 e. The summed E-state index contributed by atoms with van der Waals surface area (Å²) in [4.78, 5) is 16.9. The molecule has 94 valence electrons. The molecule has 0 aromatic carbocycles. The number of amides is 1. The highest BCUT2D eigenvalue weighted by molar-refractivity contribution is 5.75. The minimum Gasteiger partial charge on any atom is -0.369 e. The molecule has 1 aromatic rings. The van der Waals surface area contributed by atoms with Crippen molar-refractivity contribution in [3.63, 3.8) is 0 Å². The average Bonchev–Trinajstić information content (AvgIpc) is 2.78. The van der Waals surface area contributed by atoms with Gasteiger partial charge in [0.1, 0.15) is 0 Å². The Balaban J connectivity index is 1.84. The third-order valence-corrected chi connectivity index (χ3v) is 2.67. The van der Waals surface area contributed by atoms with Gasteiger partial charge in [-0.05, 0) is 24.4 Å². The van der Waals surface area contributed by atoms with Gasteiger partial charge >= 0.3 is 0 Å². The zero-order valence-electron chi connectivity index (χ0n) is 9.69. The molecule has 2 rings (SSSR count). The molecule has 0 radical (unpaired) electrons. The number of rotatable bonds is 5. The van der Waals surface area contributed by atoms with Crippen LogP contribution in [0.3, 0.4) is 0 Å². The van der Waals surface area contributed by atoms with Crippen LogP contribution in [0.2, 0.25) is 0 Å². The zero-order valence-corrected chi connectivity index (χ0v) is 9.69. The van der Waals surface area contributed by atoms with E-state index in [1.54, 1.807) is 0 Å². The van der Waals surface area contributed by atoms with E-state index < -0.39 is 5.91 Å². The predicted molar refractivity (Wildman–Crippen MR) is 61.3 cm³/mol. The summed E-state index contributed by atoms with van der Waals surface area (Å²) < 4.78 is 5.08. The molecule has 0 aliphatic carbocycles. The molecule has 3 N–H and O–H groups in total. The zero-order chi connectivity index (χ0) is 12.1. The molecule has 0 unspecified atom stereocenters. The van der Waals surface area contributed by atoms with E-state index in [2.05, 4.69) is 20.4 Å². The van der Waals surface area contributed by atoms with Gasteiger partial charge in [0.15, 0.2) is 0 Å². The Hall–Kier alpha value is -1.63. The van der Waals surface area contributed by atoms with Crippen molar-refractivity contribution in [1.82, 2.24) is 15.5 Å². The van der Waals surface area contributed by atoms with Gasteiger partial charge in [-0.1, -0.05) is 0 Å². The van der Waals surface area contributed by atoms with Gasteiger partial charge in [-0.25, -0.2) is 0 Å². The highest BCUT2D eigenvalue weighted by atomic mass is 16.5. The summed E-state index contributed by atoms with van der Waals surface area (Å²) in [6, 6.07) is 0. The second kappa shape index (κ2) is 5.62. The van der Waals surface area contributed by atoms with Crippen molar-refractivity contribution in [1.29, 1.82) is 0 Å². The largest absolute Gasteiger partial charge is 0.369 e. The van der Waals surface area contributed by atoms with Crippen molar-refractivity contribution >= 4 is 11.9 Å². The molecule has 0 bridgehead atoms. The fourth-order valence-corrected chi connectivity index (χ4v) is 1.83. The first kappa shape index (κ1) is 11.8. The topological polar surface area (TPSA) is 97.3 Å². The molecule has 2 heterocycles. The standard InChI is InChI=1S/C10H17N5O2/c11-8(16)6-12-7-9-13-10(14-17-9)15-4-2-1-3-5-15/h12H,1-7H2,(H2,11,16). The normalized spacial score (nSPS) is 16.1. The smallest absolute Gasteiger partial charge is 0.266 e. The predicted octanol–water partition coefficient (Wildman–Crippen LogP) is -0.365. The van der Waals surface area contributed by atoms with Crippen LogP contribution in [0.4, 0.5) is 5.95 Å². The van der Waals surface area contributed by atoms with Crippen LogP contribution in [0, 0.1) is 0 Å². The minimum absolute atomic E-state index is 0.113. The quantitative estimate of drug-likeness (QED) is 0.728. The van der Waals surface area contributed by atoms with Crippen LogP contribution >= 0.6 is 0 Å². The molecule has 17 heavy (non-hydrogen) atoms. The van der Waals surface area contributed by atoms with Gasteiger partial charge in [0.2, 0.25) is 11.8 Å². The van der Waals surface area contributed by atoms with Crippen molar-refractivity contribution in [2.45, 2.75) is 25.8 Å². The van der Waals surface area contributed by atoms with Crippen molar-refractivity contribution in [3.8, 4) is 0 Å². The molecule has 1 aromatic heterocycles. The maximum absolute atomic E-state index is 10.5. The number of nitrogens with two attached hydrogens (primary N) is 1. The van der Waals surface area contributed by atoms with E-state index in [9.17, 15) is 4.79 Å². The number of piperidine rings is 1. The monoisotopic (exact) mass is 239 g/mol. The summed E-state index contributed by atoms with van der Waals surface area (Å²) in [5.74, 6) is 0.716. The van der Waals surface area contributed by atoms with Crippen LogP contribution in [0.25, 0.3) is 0 Å². The van der Waals surface area contributed by atoms with Crippen molar-refractivity contribution in [3.05, 3.63) is 5.89 Å². The third-order valence-electron chi connectivity index (χ3n) is 2.67. The summed E-state index contributed by atoms with van der Waals surface area (Å²) in [6.07, 6.45) is 3.61. The van der Waals surface area contributed by atoms with Crippen molar-refractivity contribution in [2.75, 3.05) is 24.5 Å². The molecule has 0 saturated carbocycles. The fraction of sp³-hybridized carbons (Fsp3) is 0.700. The van der Waals surface area contributed by atoms with Crippen LogP contribution < -0.4 is 16.0 Å². The molecule has 1 aliphatic rings. The van der Waals surface area contributed by atoms with Crippen LogP contribution in [-0.4, -0.2) is 35.7 Å². The Morgan fingerprint density at radius 3 is 2.88 bits per heavy atom. The van der Waals surface area contributed by atoms with Crippen LogP contribution in [0.1, 0.15) is 25.2 Å². The van der Waals surface area contributed by atoms with Crippen molar-refractivity contribution in [2.24, 2.45) is 5.73 Å².